The monoisotopic (exact) mass is 224 g/mol. The van der Waals surface area contributed by atoms with E-state index in [1.165, 1.54) is 18.8 Å². The lowest BCUT2D eigenvalue weighted by Gasteiger charge is -2.07. The van der Waals surface area contributed by atoms with Crippen molar-refractivity contribution >= 4 is 11.2 Å². The first kappa shape index (κ1) is 10.5. The van der Waals surface area contributed by atoms with Gasteiger partial charge in [-0.25, -0.2) is 4.79 Å². The zero-order valence-electron chi connectivity index (χ0n) is 9.51. The highest BCUT2D eigenvalue weighted by Crippen LogP contribution is 2.24. The van der Waals surface area contributed by atoms with Gasteiger partial charge in [-0.05, 0) is 0 Å². The lowest BCUT2D eigenvalue weighted by atomic mass is 10.5. The van der Waals surface area contributed by atoms with Crippen LogP contribution in [-0.2, 0) is 14.1 Å². The second-order valence-corrected chi connectivity index (χ2v) is 3.29. The molecule has 7 heteroatoms. The highest BCUT2D eigenvalue weighted by atomic mass is 16.5. The zero-order chi connectivity index (χ0) is 11.9. The maximum absolute atomic E-state index is 11.5. The summed E-state index contributed by atoms with van der Waals surface area (Å²) >= 11 is 0. The molecule has 7 nitrogen and oxygen atoms in total. The average Bonchev–Trinajstić information content (AvgIpc) is 2.57. The van der Waals surface area contributed by atoms with Crippen LogP contribution >= 0.6 is 0 Å². The summed E-state index contributed by atoms with van der Waals surface area (Å²) in [4.78, 5) is 19.4. The van der Waals surface area contributed by atoms with Crippen LogP contribution in [-0.4, -0.2) is 33.3 Å². The minimum atomic E-state index is -0.412. The van der Waals surface area contributed by atoms with Gasteiger partial charge in [0.2, 0.25) is 5.88 Å². The Hall–Kier alpha value is -2.05. The third-order valence-corrected chi connectivity index (χ3v) is 2.41. The molecule has 2 heterocycles. The Morgan fingerprint density at radius 1 is 1.06 bits per heavy atom. The van der Waals surface area contributed by atoms with E-state index in [0.717, 1.165) is 0 Å². The molecule has 0 saturated heterocycles. The van der Waals surface area contributed by atoms with Crippen LogP contribution in [0.3, 0.4) is 0 Å². The van der Waals surface area contributed by atoms with E-state index >= 15 is 0 Å². The lowest BCUT2D eigenvalue weighted by molar-refractivity contribution is 0.363. The van der Waals surface area contributed by atoms with Crippen LogP contribution in [0.1, 0.15) is 0 Å². The van der Waals surface area contributed by atoms with Gasteiger partial charge in [-0.15, -0.1) is 0 Å². The van der Waals surface area contributed by atoms with Gasteiger partial charge in [0.25, 0.3) is 6.01 Å². The van der Waals surface area contributed by atoms with Gasteiger partial charge in [0.05, 0.1) is 14.2 Å². The van der Waals surface area contributed by atoms with E-state index in [4.69, 9.17) is 9.47 Å². The molecule has 0 fully saturated rings. The largest absolute Gasteiger partial charge is 0.480 e. The maximum Gasteiger partial charge on any atom is 0.352 e. The molecule has 0 amide bonds. The first-order valence-corrected chi connectivity index (χ1v) is 4.61. The summed E-state index contributed by atoms with van der Waals surface area (Å²) in [7, 11) is 6.36. The average molecular weight is 224 g/mol. The van der Waals surface area contributed by atoms with Gasteiger partial charge in [0.15, 0.2) is 11.2 Å². The molecule has 16 heavy (non-hydrogen) atoms. The van der Waals surface area contributed by atoms with Gasteiger partial charge in [-0.3, -0.25) is 9.13 Å². The summed E-state index contributed by atoms with van der Waals surface area (Å²) in [5, 5.41) is 0. The first-order chi connectivity index (χ1) is 7.60. The molecule has 0 saturated carbocycles. The van der Waals surface area contributed by atoms with Crippen LogP contribution in [0.5, 0.6) is 11.9 Å². The number of imidazole rings is 1. The molecule has 0 aliphatic carbocycles. The van der Waals surface area contributed by atoms with Crippen molar-refractivity contribution in [3.63, 3.8) is 0 Å². The smallest absolute Gasteiger partial charge is 0.352 e. The van der Waals surface area contributed by atoms with Crippen molar-refractivity contribution in [3.8, 4) is 11.9 Å². The Morgan fingerprint density at radius 2 is 1.75 bits per heavy atom. The third kappa shape index (κ3) is 1.24. The molecule has 0 N–H and O–H groups in total. The normalized spacial score (nSPS) is 10.8. The molecule has 86 valence electrons. The molecule has 0 bridgehead atoms. The molecule has 0 radical (unpaired) electrons. The number of hydrogen-bond donors (Lipinski definition) is 0. The van der Waals surface area contributed by atoms with Gasteiger partial charge in [-0.2, -0.15) is 9.97 Å². The number of hydrogen-bond acceptors (Lipinski definition) is 5. The fourth-order valence-corrected chi connectivity index (χ4v) is 1.61. The minimum Gasteiger partial charge on any atom is -0.480 e. The maximum atomic E-state index is 11.5. The van der Waals surface area contributed by atoms with Crippen LogP contribution in [0.15, 0.2) is 4.79 Å². The molecule has 2 rings (SSSR count). The van der Waals surface area contributed by atoms with E-state index in [0.29, 0.717) is 23.1 Å². The molecule has 0 aliphatic rings. The number of aromatic nitrogens is 4. The van der Waals surface area contributed by atoms with Gasteiger partial charge >= 0.3 is 5.69 Å². The fourth-order valence-electron chi connectivity index (χ4n) is 1.61. The third-order valence-electron chi connectivity index (χ3n) is 2.41. The standard InChI is InChI=1S/C9H12N4O3/c1-12-5-6(11-9(12)16-4)10-8(14)13(2)7(5)15-3/h1-4H3. The van der Waals surface area contributed by atoms with Crippen LogP contribution in [0.4, 0.5) is 0 Å². The molecular weight excluding hydrogens is 212 g/mol. The number of fused-ring (bicyclic) bond motifs is 1. The van der Waals surface area contributed by atoms with Crippen molar-refractivity contribution in [1.29, 1.82) is 0 Å². The minimum absolute atomic E-state index is 0.319. The van der Waals surface area contributed by atoms with Crippen molar-refractivity contribution < 1.29 is 9.47 Å². The zero-order valence-corrected chi connectivity index (χ0v) is 9.51. The fraction of sp³-hybridized carbons (Fsp3) is 0.444. The predicted molar refractivity (Wildman–Crippen MR) is 56.9 cm³/mol. The molecule has 0 aromatic carbocycles. The molecule has 0 atom stereocenters. The van der Waals surface area contributed by atoms with Crippen LogP contribution in [0.2, 0.25) is 0 Å². The van der Waals surface area contributed by atoms with E-state index < -0.39 is 5.69 Å². The summed E-state index contributed by atoms with van der Waals surface area (Å²) in [5.41, 5.74) is 0.533. The molecule has 0 unspecified atom stereocenters. The Balaban J connectivity index is 2.95. The van der Waals surface area contributed by atoms with Gasteiger partial charge in [-0.1, -0.05) is 0 Å². The Bertz CT molecular complexity index is 599. The Labute approximate surface area is 91.2 Å². The van der Waals surface area contributed by atoms with Crippen molar-refractivity contribution in [2.45, 2.75) is 0 Å². The van der Waals surface area contributed by atoms with E-state index in [1.54, 1.807) is 18.7 Å². The van der Waals surface area contributed by atoms with Crippen LogP contribution < -0.4 is 15.2 Å². The molecular formula is C9H12N4O3. The van der Waals surface area contributed by atoms with E-state index in [-0.39, 0.29) is 0 Å². The number of aryl methyl sites for hydroxylation is 1. The van der Waals surface area contributed by atoms with E-state index in [2.05, 4.69) is 9.97 Å². The molecule has 2 aromatic heterocycles. The van der Waals surface area contributed by atoms with Crippen molar-refractivity contribution in [2.75, 3.05) is 14.2 Å². The molecule has 2 aromatic rings. The van der Waals surface area contributed by atoms with Crippen molar-refractivity contribution in [2.24, 2.45) is 14.1 Å². The predicted octanol–water partition coefficient (Wildman–Crippen LogP) is -0.316. The van der Waals surface area contributed by atoms with Crippen molar-refractivity contribution in [1.82, 2.24) is 19.1 Å². The number of methoxy groups -OCH3 is 2. The summed E-state index contributed by atoms with van der Waals surface area (Å²) in [6.07, 6.45) is 0. The van der Waals surface area contributed by atoms with E-state index in [1.807, 2.05) is 0 Å². The SMILES string of the molecule is COc1c2c(nc(OC)n2C)nc(=O)n1C. The van der Waals surface area contributed by atoms with Crippen LogP contribution in [0, 0.1) is 0 Å². The summed E-state index contributed by atoms with van der Waals surface area (Å²) < 4.78 is 13.2. The van der Waals surface area contributed by atoms with Crippen molar-refractivity contribution in [3.05, 3.63) is 10.5 Å². The van der Waals surface area contributed by atoms with Gasteiger partial charge in [0.1, 0.15) is 0 Å². The lowest BCUT2D eigenvalue weighted by Crippen LogP contribution is -2.21. The summed E-state index contributed by atoms with van der Waals surface area (Å²) in [6.45, 7) is 0. The highest BCUT2D eigenvalue weighted by Gasteiger charge is 2.17. The quantitative estimate of drug-likeness (QED) is 0.699. The van der Waals surface area contributed by atoms with Crippen LogP contribution in [0.25, 0.3) is 11.2 Å². The highest BCUT2D eigenvalue weighted by molar-refractivity contribution is 5.77. The second kappa shape index (κ2) is 3.51. The first-order valence-electron chi connectivity index (χ1n) is 4.61. The Kier molecular flexibility index (Phi) is 2.30. The van der Waals surface area contributed by atoms with E-state index in [9.17, 15) is 4.79 Å². The molecule has 0 aliphatic heterocycles. The Morgan fingerprint density at radius 3 is 2.31 bits per heavy atom. The topological polar surface area (TPSA) is 71.2 Å². The number of ether oxygens (including phenoxy) is 2. The number of rotatable bonds is 2. The summed E-state index contributed by atoms with van der Waals surface area (Å²) in [6, 6.07) is 0.381. The molecule has 0 spiro atoms. The number of nitrogens with zero attached hydrogens (tertiary/aromatic N) is 4. The summed E-state index contributed by atoms with van der Waals surface area (Å²) in [5.74, 6) is 0.410. The second-order valence-electron chi connectivity index (χ2n) is 3.29. The van der Waals surface area contributed by atoms with Gasteiger partial charge in [0, 0.05) is 14.1 Å². The van der Waals surface area contributed by atoms with Gasteiger partial charge < -0.3 is 9.47 Å².